The fourth-order valence-electron chi connectivity index (χ4n) is 1.20. The molecule has 0 atom stereocenters. The second kappa shape index (κ2) is 5.73. The van der Waals surface area contributed by atoms with Crippen molar-refractivity contribution in [1.82, 2.24) is 9.36 Å². The van der Waals surface area contributed by atoms with Gasteiger partial charge >= 0.3 is 6.03 Å². The largest absolute Gasteiger partial charge is 0.325 e. The molecule has 0 fully saturated rings. The van der Waals surface area contributed by atoms with Gasteiger partial charge in [0, 0.05) is 28.5 Å². The molecule has 0 aliphatic rings. The molecule has 20 heavy (non-hydrogen) atoms. The lowest BCUT2D eigenvalue weighted by molar-refractivity contribution is 0.262. The van der Waals surface area contributed by atoms with Gasteiger partial charge in [0.25, 0.3) is 5.16 Å². The monoisotopic (exact) mass is 332 g/mol. The van der Waals surface area contributed by atoms with E-state index in [0.717, 1.165) is 17.8 Å². The minimum atomic E-state index is -3.48. The van der Waals surface area contributed by atoms with Crippen molar-refractivity contribution in [3.05, 3.63) is 29.3 Å². The van der Waals surface area contributed by atoms with Gasteiger partial charge in [0.1, 0.15) is 0 Å². The molecule has 2 aromatic rings. The molecule has 0 saturated carbocycles. The first kappa shape index (κ1) is 14.7. The van der Waals surface area contributed by atoms with Crippen LogP contribution in [0.3, 0.4) is 0 Å². The Kier molecular flexibility index (Phi) is 4.21. The molecule has 10 heteroatoms. The molecule has 0 aliphatic carbocycles. The van der Waals surface area contributed by atoms with Crippen molar-refractivity contribution in [2.24, 2.45) is 0 Å². The Morgan fingerprint density at radius 2 is 1.90 bits per heavy atom. The van der Waals surface area contributed by atoms with Crippen LogP contribution in [-0.4, -0.2) is 30.1 Å². The van der Waals surface area contributed by atoms with Crippen LogP contribution in [0.25, 0.3) is 0 Å². The van der Waals surface area contributed by atoms with E-state index in [-0.39, 0.29) is 10.3 Å². The van der Waals surface area contributed by atoms with E-state index in [1.54, 1.807) is 24.3 Å². The molecule has 106 valence electrons. The molecule has 1 aromatic carbocycles. The summed E-state index contributed by atoms with van der Waals surface area (Å²) >= 11 is 6.51. The Morgan fingerprint density at radius 3 is 2.45 bits per heavy atom. The number of rotatable bonds is 3. The van der Waals surface area contributed by atoms with E-state index >= 15 is 0 Å². The molecular formula is C10H9ClN4O3S2. The van der Waals surface area contributed by atoms with Crippen LogP contribution in [0, 0.1) is 0 Å². The standard InChI is InChI=1S/C10H9ClN4O3S2/c1-20(17,18)10-14-9(19-15-10)13-8(16)12-7-4-2-6(11)3-5-7/h2-5H,1H3,(H2,12,13,14,15,16). The quantitative estimate of drug-likeness (QED) is 0.897. The Morgan fingerprint density at radius 1 is 1.25 bits per heavy atom. The summed E-state index contributed by atoms with van der Waals surface area (Å²) in [6.45, 7) is 0. The highest BCUT2D eigenvalue weighted by Crippen LogP contribution is 2.16. The molecule has 0 aliphatic heterocycles. The zero-order valence-corrected chi connectivity index (χ0v) is 12.5. The molecule has 0 radical (unpaired) electrons. The highest BCUT2D eigenvalue weighted by atomic mass is 35.5. The number of sulfone groups is 1. The van der Waals surface area contributed by atoms with E-state index < -0.39 is 15.9 Å². The molecular weight excluding hydrogens is 324 g/mol. The predicted octanol–water partition coefficient (Wildman–Crippen LogP) is 2.24. The number of hydrogen-bond acceptors (Lipinski definition) is 6. The summed E-state index contributed by atoms with van der Waals surface area (Å²) in [6, 6.07) is 5.96. The maximum atomic E-state index is 11.7. The van der Waals surface area contributed by atoms with Gasteiger partial charge in [-0.1, -0.05) is 11.6 Å². The lowest BCUT2D eigenvalue weighted by atomic mass is 10.3. The van der Waals surface area contributed by atoms with Crippen molar-refractivity contribution in [3.8, 4) is 0 Å². The second-order valence-corrected chi connectivity index (χ2v) is 6.84. The fraction of sp³-hybridized carbons (Fsp3) is 0.100. The minimum absolute atomic E-state index is 0.0943. The first-order valence-corrected chi connectivity index (χ1v) is 8.26. The number of urea groups is 1. The third kappa shape index (κ3) is 3.89. The minimum Gasteiger partial charge on any atom is -0.308 e. The van der Waals surface area contributed by atoms with Crippen molar-refractivity contribution >= 4 is 49.8 Å². The zero-order valence-electron chi connectivity index (χ0n) is 10.1. The van der Waals surface area contributed by atoms with Crippen LogP contribution in [0.1, 0.15) is 0 Å². The van der Waals surface area contributed by atoms with Crippen LogP contribution in [0.5, 0.6) is 0 Å². The van der Waals surface area contributed by atoms with Crippen LogP contribution in [-0.2, 0) is 9.84 Å². The van der Waals surface area contributed by atoms with Crippen molar-refractivity contribution in [2.45, 2.75) is 5.16 Å². The summed E-state index contributed by atoms with van der Waals surface area (Å²) in [6.07, 6.45) is 0.993. The number of carbonyl (C=O) groups is 1. The second-order valence-electron chi connectivity index (χ2n) is 3.74. The van der Waals surface area contributed by atoms with Gasteiger partial charge in [-0.25, -0.2) is 13.2 Å². The molecule has 0 spiro atoms. The number of halogens is 1. The molecule has 2 amide bonds. The van der Waals surface area contributed by atoms with Gasteiger partial charge in [0.2, 0.25) is 15.0 Å². The van der Waals surface area contributed by atoms with Gasteiger partial charge in [-0.3, -0.25) is 5.32 Å². The normalized spacial score (nSPS) is 11.1. The highest BCUT2D eigenvalue weighted by Gasteiger charge is 2.15. The maximum absolute atomic E-state index is 11.7. The average molecular weight is 333 g/mol. The van der Waals surface area contributed by atoms with Crippen molar-refractivity contribution in [3.63, 3.8) is 0 Å². The molecule has 1 aromatic heterocycles. The van der Waals surface area contributed by atoms with Gasteiger partial charge in [-0.15, -0.1) is 0 Å². The van der Waals surface area contributed by atoms with E-state index in [9.17, 15) is 13.2 Å². The summed E-state index contributed by atoms with van der Waals surface area (Å²) in [5.41, 5.74) is 0.541. The highest BCUT2D eigenvalue weighted by molar-refractivity contribution is 7.90. The summed E-state index contributed by atoms with van der Waals surface area (Å²) in [7, 11) is -3.48. The van der Waals surface area contributed by atoms with Crippen molar-refractivity contribution < 1.29 is 13.2 Å². The first-order chi connectivity index (χ1) is 9.34. The summed E-state index contributed by atoms with van der Waals surface area (Å²) in [4.78, 5) is 15.4. The molecule has 7 nitrogen and oxygen atoms in total. The van der Waals surface area contributed by atoms with Crippen molar-refractivity contribution in [1.29, 1.82) is 0 Å². The SMILES string of the molecule is CS(=O)(=O)c1nsc(NC(=O)Nc2ccc(Cl)cc2)n1. The first-order valence-electron chi connectivity index (χ1n) is 5.22. The van der Waals surface area contributed by atoms with E-state index in [1.165, 1.54) is 0 Å². The lowest BCUT2D eigenvalue weighted by Crippen LogP contribution is -2.19. The van der Waals surface area contributed by atoms with E-state index in [1.807, 2.05) is 0 Å². The molecule has 2 N–H and O–H groups in total. The average Bonchev–Trinajstić information content (AvgIpc) is 2.80. The van der Waals surface area contributed by atoms with Gasteiger partial charge in [0.15, 0.2) is 0 Å². The number of amides is 2. The predicted molar refractivity (Wildman–Crippen MR) is 77.1 cm³/mol. The third-order valence-electron chi connectivity index (χ3n) is 2.06. The van der Waals surface area contributed by atoms with Gasteiger partial charge in [-0.2, -0.15) is 9.36 Å². The topological polar surface area (TPSA) is 101 Å². The van der Waals surface area contributed by atoms with E-state index in [2.05, 4.69) is 20.0 Å². The van der Waals surface area contributed by atoms with Gasteiger partial charge < -0.3 is 5.32 Å². The van der Waals surface area contributed by atoms with Crippen LogP contribution >= 0.6 is 23.1 Å². The van der Waals surface area contributed by atoms with E-state index in [0.29, 0.717) is 10.7 Å². The summed E-state index contributed by atoms with van der Waals surface area (Å²) < 4.78 is 26.0. The van der Waals surface area contributed by atoms with Crippen LogP contribution in [0.15, 0.2) is 29.4 Å². The fourth-order valence-corrected chi connectivity index (χ4v) is 2.77. The number of benzene rings is 1. The smallest absolute Gasteiger partial charge is 0.308 e. The molecule has 0 saturated heterocycles. The maximum Gasteiger partial charge on any atom is 0.325 e. The van der Waals surface area contributed by atoms with Crippen LogP contribution in [0.2, 0.25) is 5.02 Å². The number of anilines is 2. The number of nitrogens with one attached hydrogen (secondary N) is 2. The van der Waals surface area contributed by atoms with Crippen LogP contribution in [0.4, 0.5) is 15.6 Å². The lowest BCUT2D eigenvalue weighted by Gasteiger charge is -2.04. The van der Waals surface area contributed by atoms with Crippen LogP contribution < -0.4 is 10.6 Å². The van der Waals surface area contributed by atoms with Gasteiger partial charge in [-0.05, 0) is 24.3 Å². The van der Waals surface area contributed by atoms with E-state index in [4.69, 9.17) is 11.6 Å². The Hall–Kier alpha value is -1.71. The zero-order chi connectivity index (χ0) is 14.8. The number of carbonyl (C=O) groups excluding carboxylic acids is 1. The number of nitrogens with zero attached hydrogens (tertiary/aromatic N) is 2. The Labute approximate surface area is 124 Å². The number of hydrogen-bond donors (Lipinski definition) is 2. The number of aromatic nitrogens is 2. The molecule has 0 unspecified atom stereocenters. The summed E-state index contributed by atoms with van der Waals surface area (Å²) in [5, 5.41) is 5.27. The Balaban J connectivity index is 2.01. The Bertz CT molecular complexity index is 727. The van der Waals surface area contributed by atoms with Gasteiger partial charge in [0.05, 0.1) is 0 Å². The summed E-state index contributed by atoms with van der Waals surface area (Å²) in [5.74, 6) is 0. The molecule has 0 bridgehead atoms. The molecule has 2 rings (SSSR count). The van der Waals surface area contributed by atoms with Crippen molar-refractivity contribution in [2.75, 3.05) is 16.9 Å². The molecule has 1 heterocycles. The third-order valence-corrected chi connectivity index (χ3v) is 3.91.